The fourth-order valence-electron chi connectivity index (χ4n) is 2.45. The summed E-state index contributed by atoms with van der Waals surface area (Å²) in [5, 5.41) is 10.2. The first kappa shape index (κ1) is 16.5. The lowest BCUT2D eigenvalue weighted by Gasteiger charge is -2.24. The van der Waals surface area contributed by atoms with Crippen LogP contribution < -0.4 is 0 Å². The molecule has 1 aliphatic rings. The van der Waals surface area contributed by atoms with Crippen LogP contribution in [0.4, 0.5) is 0 Å². The molecule has 1 N–H and O–H groups in total. The Bertz CT molecular complexity index is 412. The normalized spacial score (nSPS) is 16.9. The zero-order chi connectivity index (χ0) is 15.2. The zero-order valence-electron chi connectivity index (χ0n) is 13.5. The minimum absolute atomic E-state index is 0.413. The molecule has 0 bridgehead atoms. The molecule has 1 atom stereocenters. The molecule has 0 radical (unpaired) electrons. The van der Waals surface area contributed by atoms with Gasteiger partial charge in [-0.05, 0) is 43.7 Å². The van der Waals surface area contributed by atoms with Crippen LogP contribution in [0.25, 0.3) is 0 Å². The fraction of sp³-hybridized carbons (Fsp3) is 0.765. The SMILES string of the molecule is Cc1ccc(CN(CC2CC2)C[C@H](O)COCC(C)C)o1. The van der Waals surface area contributed by atoms with E-state index in [1.165, 1.54) is 12.8 Å². The van der Waals surface area contributed by atoms with Gasteiger partial charge in [0.1, 0.15) is 11.5 Å². The quantitative estimate of drug-likeness (QED) is 0.721. The van der Waals surface area contributed by atoms with Crippen molar-refractivity contribution in [2.45, 2.75) is 46.3 Å². The third-order valence-electron chi connectivity index (χ3n) is 3.62. The summed E-state index contributed by atoms with van der Waals surface area (Å²) in [6, 6.07) is 4.02. The lowest BCUT2D eigenvalue weighted by Crippen LogP contribution is -2.36. The predicted molar refractivity (Wildman–Crippen MR) is 83.1 cm³/mol. The van der Waals surface area contributed by atoms with Crippen molar-refractivity contribution in [3.05, 3.63) is 23.7 Å². The highest BCUT2D eigenvalue weighted by Crippen LogP contribution is 2.30. The highest BCUT2D eigenvalue weighted by Gasteiger charge is 2.26. The Kier molecular flexibility index (Phi) is 6.27. The van der Waals surface area contributed by atoms with E-state index in [-0.39, 0.29) is 0 Å². The van der Waals surface area contributed by atoms with E-state index in [1.807, 2.05) is 19.1 Å². The molecular weight excluding hydrogens is 266 g/mol. The topological polar surface area (TPSA) is 45.8 Å². The molecule has 0 saturated heterocycles. The molecule has 1 fully saturated rings. The molecule has 120 valence electrons. The summed E-state index contributed by atoms with van der Waals surface area (Å²) in [7, 11) is 0. The van der Waals surface area contributed by atoms with Crippen LogP contribution in [0.5, 0.6) is 0 Å². The van der Waals surface area contributed by atoms with Gasteiger partial charge in [0.25, 0.3) is 0 Å². The van der Waals surface area contributed by atoms with Gasteiger partial charge in [0.2, 0.25) is 0 Å². The Labute approximate surface area is 128 Å². The maximum atomic E-state index is 10.2. The van der Waals surface area contributed by atoms with Gasteiger partial charge in [-0.1, -0.05) is 13.8 Å². The average molecular weight is 295 g/mol. The van der Waals surface area contributed by atoms with Gasteiger partial charge < -0.3 is 14.3 Å². The molecule has 21 heavy (non-hydrogen) atoms. The van der Waals surface area contributed by atoms with Crippen molar-refractivity contribution in [2.75, 3.05) is 26.3 Å². The number of furan rings is 1. The number of rotatable bonds is 10. The number of nitrogens with zero attached hydrogens (tertiary/aromatic N) is 1. The first-order chi connectivity index (χ1) is 10.0. The first-order valence-electron chi connectivity index (χ1n) is 8.06. The summed E-state index contributed by atoms with van der Waals surface area (Å²) in [5.41, 5.74) is 0. The third kappa shape index (κ3) is 6.64. The average Bonchev–Trinajstić information content (AvgIpc) is 3.10. The van der Waals surface area contributed by atoms with Crippen molar-refractivity contribution < 1.29 is 14.3 Å². The van der Waals surface area contributed by atoms with Crippen LogP contribution in [0.15, 0.2) is 16.5 Å². The van der Waals surface area contributed by atoms with Crippen molar-refractivity contribution in [1.29, 1.82) is 0 Å². The molecule has 4 heteroatoms. The minimum atomic E-state index is -0.432. The standard InChI is InChI=1S/C17H29NO3/c1-13(2)11-20-12-16(19)9-18(8-15-5-6-15)10-17-7-4-14(3)21-17/h4,7,13,15-16,19H,5-6,8-12H2,1-3H3/t16-/m0/s1. The van der Waals surface area contributed by atoms with Gasteiger partial charge in [0.05, 0.1) is 19.3 Å². The lowest BCUT2D eigenvalue weighted by atomic mass is 10.2. The molecule has 0 spiro atoms. The van der Waals surface area contributed by atoms with Gasteiger partial charge in [0, 0.05) is 19.7 Å². The number of hydrogen-bond acceptors (Lipinski definition) is 4. The maximum absolute atomic E-state index is 10.2. The van der Waals surface area contributed by atoms with E-state index < -0.39 is 6.10 Å². The van der Waals surface area contributed by atoms with Gasteiger partial charge in [-0.15, -0.1) is 0 Å². The summed E-state index contributed by atoms with van der Waals surface area (Å²) in [6.07, 6.45) is 2.19. The second kappa shape index (κ2) is 7.97. The molecule has 0 unspecified atom stereocenters. The minimum Gasteiger partial charge on any atom is -0.465 e. The molecule has 1 aromatic rings. The van der Waals surface area contributed by atoms with Crippen molar-refractivity contribution >= 4 is 0 Å². The summed E-state index contributed by atoms with van der Waals surface area (Å²) >= 11 is 0. The van der Waals surface area contributed by atoms with Crippen molar-refractivity contribution in [3.8, 4) is 0 Å². The van der Waals surface area contributed by atoms with E-state index in [1.54, 1.807) is 0 Å². The molecule has 0 amide bonds. The van der Waals surface area contributed by atoms with E-state index in [0.717, 1.165) is 30.5 Å². The highest BCUT2D eigenvalue weighted by atomic mass is 16.5. The Balaban J connectivity index is 1.78. The zero-order valence-corrected chi connectivity index (χ0v) is 13.5. The molecule has 1 heterocycles. The monoisotopic (exact) mass is 295 g/mol. The lowest BCUT2D eigenvalue weighted by molar-refractivity contribution is 0.00526. The van der Waals surface area contributed by atoms with E-state index in [4.69, 9.17) is 9.15 Å². The fourth-order valence-corrected chi connectivity index (χ4v) is 2.45. The predicted octanol–water partition coefficient (Wildman–Crippen LogP) is 2.83. The Hall–Kier alpha value is -0.840. The van der Waals surface area contributed by atoms with Crippen LogP contribution in [-0.2, 0) is 11.3 Å². The Morgan fingerprint density at radius 1 is 1.33 bits per heavy atom. The molecule has 0 aromatic carbocycles. The molecule has 1 aliphatic carbocycles. The van der Waals surface area contributed by atoms with Crippen molar-refractivity contribution in [2.24, 2.45) is 11.8 Å². The van der Waals surface area contributed by atoms with E-state index in [2.05, 4.69) is 18.7 Å². The summed E-state index contributed by atoms with van der Waals surface area (Å²) in [5.74, 6) is 3.22. The molecular formula is C17H29NO3. The van der Waals surface area contributed by atoms with Crippen LogP contribution in [0.1, 0.15) is 38.2 Å². The number of aryl methyl sites for hydroxylation is 1. The highest BCUT2D eigenvalue weighted by molar-refractivity contribution is 5.05. The number of aliphatic hydroxyl groups is 1. The van der Waals surface area contributed by atoms with Gasteiger partial charge in [-0.3, -0.25) is 4.90 Å². The summed E-state index contributed by atoms with van der Waals surface area (Å²) in [4.78, 5) is 2.29. The van der Waals surface area contributed by atoms with E-state index in [9.17, 15) is 5.11 Å². The van der Waals surface area contributed by atoms with Crippen LogP contribution in [0.3, 0.4) is 0 Å². The first-order valence-corrected chi connectivity index (χ1v) is 8.06. The molecule has 4 nitrogen and oxygen atoms in total. The summed E-state index contributed by atoms with van der Waals surface area (Å²) < 4.78 is 11.2. The largest absolute Gasteiger partial charge is 0.465 e. The summed E-state index contributed by atoms with van der Waals surface area (Å²) in [6.45, 7) is 9.77. The smallest absolute Gasteiger partial charge is 0.118 e. The third-order valence-corrected chi connectivity index (χ3v) is 3.62. The van der Waals surface area contributed by atoms with Gasteiger partial charge in [-0.25, -0.2) is 0 Å². The van der Waals surface area contributed by atoms with Crippen LogP contribution in [0, 0.1) is 18.8 Å². The van der Waals surface area contributed by atoms with E-state index >= 15 is 0 Å². The van der Waals surface area contributed by atoms with Crippen LogP contribution in [0.2, 0.25) is 0 Å². The van der Waals surface area contributed by atoms with Gasteiger partial charge in [0.15, 0.2) is 0 Å². The second-order valence-electron chi connectivity index (χ2n) is 6.73. The van der Waals surface area contributed by atoms with Crippen molar-refractivity contribution in [3.63, 3.8) is 0 Å². The molecule has 2 rings (SSSR count). The Morgan fingerprint density at radius 3 is 2.67 bits per heavy atom. The molecule has 1 aromatic heterocycles. The number of hydrogen-bond donors (Lipinski definition) is 1. The van der Waals surface area contributed by atoms with Crippen LogP contribution >= 0.6 is 0 Å². The second-order valence-corrected chi connectivity index (χ2v) is 6.73. The molecule has 0 aliphatic heterocycles. The maximum Gasteiger partial charge on any atom is 0.118 e. The number of aliphatic hydroxyl groups excluding tert-OH is 1. The number of ether oxygens (including phenoxy) is 1. The van der Waals surface area contributed by atoms with Crippen molar-refractivity contribution in [1.82, 2.24) is 4.90 Å². The molecule has 1 saturated carbocycles. The van der Waals surface area contributed by atoms with Gasteiger partial charge in [-0.2, -0.15) is 0 Å². The van der Waals surface area contributed by atoms with Crippen LogP contribution in [-0.4, -0.2) is 42.4 Å². The van der Waals surface area contributed by atoms with E-state index in [0.29, 0.717) is 25.7 Å². The van der Waals surface area contributed by atoms with Gasteiger partial charge >= 0.3 is 0 Å². The Morgan fingerprint density at radius 2 is 2.10 bits per heavy atom.